The maximum Gasteiger partial charge on any atom is 0.165 e. The second kappa shape index (κ2) is 6.62. The van der Waals surface area contributed by atoms with Crippen LogP contribution in [0.5, 0.6) is 0 Å². The highest BCUT2D eigenvalue weighted by atomic mass is 19.1. The molecule has 0 spiro atoms. The van der Waals surface area contributed by atoms with Crippen molar-refractivity contribution in [2.45, 2.75) is 25.3 Å². The van der Waals surface area contributed by atoms with Gasteiger partial charge in [0.1, 0.15) is 11.6 Å². The Morgan fingerprint density at radius 3 is 2.91 bits per heavy atom. The SMILES string of the molecule is CN(C)Cc1nnc([C@H]2CCCN(c3ncccc3F)C2)n1C. The lowest BCUT2D eigenvalue weighted by molar-refractivity contribution is 0.382. The Morgan fingerprint density at radius 1 is 1.35 bits per heavy atom. The first-order chi connectivity index (χ1) is 11.1. The second-order valence-electron chi connectivity index (χ2n) is 6.37. The third-order valence-electron chi connectivity index (χ3n) is 4.28. The number of rotatable bonds is 4. The van der Waals surface area contributed by atoms with E-state index in [2.05, 4.69) is 24.6 Å². The number of halogens is 1. The van der Waals surface area contributed by atoms with Crippen LogP contribution in [0.3, 0.4) is 0 Å². The van der Waals surface area contributed by atoms with E-state index in [-0.39, 0.29) is 11.7 Å². The zero-order valence-corrected chi connectivity index (χ0v) is 13.9. The van der Waals surface area contributed by atoms with E-state index in [9.17, 15) is 4.39 Å². The van der Waals surface area contributed by atoms with Crippen LogP contribution in [0.25, 0.3) is 0 Å². The smallest absolute Gasteiger partial charge is 0.165 e. The van der Waals surface area contributed by atoms with Gasteiger partial charge >= 0.3 is 0 Å². The molecule has 7 heteroatoms. The Labute approximate surface area is 135 Å². The van der Waals surface area contributed by atoms with Crippen molar-refractivity contribution >= 4 is 5.82 Å². The van der Waals surface area contributed by atoms with E-state index in [4.69, 9.17) is 0 Å². The molecule has 0 N–H and O–H groups in total. The summed E-state index contributed by atoms with van der Waals surface area (Å²) in [5.41, 5.74) is 0. The number of pyridine rings is 1. The van der Waals surface area contributed by atoms with Crippen LogP contribution in [-0.2, 0) is 13.6 Å². The Kier molecular flexibility index (Phi) is 4.56. The van der Waals surface area contributed by atoms with Crippen LogP contribution in [-0.4, -0.2) is 51.8 Å². The number of anilines is 1. The van der Waals surface area contributed by atoms with Gasteiger partial charge in [-0.2, -0.15) is 0 Å². The van der Waals surface area contributed by atoms with Crippen LogP contribution < -0.4 is 4.90 Å². The molecule has 0 aliphatic carbocycles. The van der Waals surface area contributed by atoms with Gasteiger partial charge in [-0.3, -0.25) is 0 Å². The molecule has 1 aliphatic rings. The van der Waals surface area contributed by atoms with Gasteiger partial charge in [0.15, 0.2) is 11.6 Å². The van der Waals surface area contributed by atoms with Crippen LogP contribution in [0.15, 0.2) is 18.3 Å². The van der Waals surface area contributed by atoms with Crippen LogP contribution in [0, 0.1) is 5.82 Å². The normalized spacial score (nSPS) is 18.7. The van der Waals surface area contributed by atoms with E-state index in [1.165, 1.54) is 6.07 Å². The molecular weight excluding hydrogens is 295 g/mol. The molecule has 0 aromatic carbocycles. The highest BCUT2D eigenvalue weighted by Crippen LogP contribution is 2.29. The van der Waals surface area contributed by atoms with Crippen molar-refractivity contribution in [1.29, 1.82) is 0 Å². The lowest BCUT2D eigenvalue weighted by atomic mass is 9.97. The number of nitrogens with zero attached hydrogens (tertiary/aromatic N) is 6. The summed E-state index contributed by atoms with van der Waals surface area (Å²) < 4.78 is 16.1. The van der Waals surface area contributed by atoms with Gasteiger partial charge in [-0.05, 0) is 39.1 Å². The largest absolute Gasteiger partial charge is 0.353 e. The fourth-order valence-corrected chi connectivity index (χ4v) is 3.14. The monoisotopic (exact) mass is 318 g/mol. The van der Waals surface area contributed by atoms with Crippen molar-refractivity contribution in [3.63, 3.8) is 0 Å². The van der Waals surface area contributed by atoms with Gasteiger partial charge in [0, 0.05) is 32.3 Å². The van der Waals surface area contributed by atoms with Crippen molar-refractivity contribution in [3.8, 4) is 0 Å². The van der Waals surface area contributed by atoms with E-state index in [0.29, 0.717) is 5.82 Å². The second-order valence-corrected chi connectivity index (χ2v) is 6.37. The fourth-order valence-electron chi connectivity index (χ4n) is 3.14. The molecule has 1 aliphatic heterocycles. The van der Waals surface area contributed by atoms with Gasteiger partial charge in [-0.15, -0.1) is 10.2 Å². The van der Waals surface area contributed by atoms with Crippen molar-refractivity contribution in [2.75, 3.05) is 32.1 Å². The zero-order valence-electron chi connectivity index (χ0n) is 13.9. The lowest BCUT2D eigenvalue weighted by Crippen LogP contribution is -2.36. The first-order valence-corrected chi connectivity index (χ1v) is 7.94. The summed E-state index contributed by atoms with van der Waals surface area (Å²) in [6, 6.07) is 3.08. The molecule has 0 radical (unpaired) electrons. The predicted octanol–water partition coefficient (Wildman–Crippen LogP) is 1.79. The van der Waals surface area contributed by atoms with Crippen molar-refractivity contribution in [1.82, 2.24) is 24.6 Å². The predicted molar refractivity (Wildman–Crippen MR) is 86.8 cm³/mol. The molecule has 2 aromatic rings. The van der Waals surface area contributed by atoms with Gasteiger partial charge < -0.3 is 14.4 Å². The molecule has 0 amide bonds. The molecule has 1 atom stereocenters. The molecular formula is C16H23FN6. The molecule has 0 bridgehead atoms. The highest BCUT2D eigenvalue weighted by Gasteiger charge is 2.27. The Bertz CT molecular complexity index is 668. The maximum absolute atomic E-state index is 14.0. The van der Waals surface area contributed by atoms with Gasteiger partial charge in [-0.1, -0.05) is 0 Å². The fraction of sp³-hybridized carbons (Fsp3) is 0.562. The summed E-state index contributed by atoms with van der Waals surface area (Å²) in [5.74, 6) is 2.35. The summed E-state index contributed by atoms with van der Waals surface area (Å²) in [7, 11) is 6.04. The van der Waals surface area contributed by atoms with Crippen LogP contribution in [0.1, 0.15) is 30.4 Å². The summed E-state index contributed by atoms with van der Waals surface area (Å²) in [5, 5.41) is 8.70. The number of hydrogen-bond acceptors (Lipinski definition) is 5. The molecule has 6 nitrogen and oxygen atoms in total. The van der Waals surface area contributed by atoms with Crippen molar-refractivity contribution in [3.05, 3.63) is 35.8 Å². The molecule has 1 saturated heterocycles. The minimum atomic E-state index is -0.264. The Balaban J connectivity index is 1.79. The number of aromatic nitrogens is 4. The van der Waals surface area contributed by atoms with Crippen molar-refractivity contribution in [2.24, 2.45) is 7.05 Å². The van der Waals surface area contributed by atoms with Gasteiger partial charge in [0.25, 0.3) is 0 Å². The first-order valence-electron chi connectivity index (χ1n) is 7.94. The van der Waals surface area contributed by atoms with E-state index in [1.54, 1.807) is 12.3 Å². The summed E-state index contributed by atoms with van der Waals surface area (Å²) in [6.07, 6.45) is 3.68. The molecule has 0 unspecified atom stereocenters. The topological polar surface area (TPSA) is 50.1 Å². The maximum atomic E-state index is 14.0. The number of hydrogen-bond donors (Lipinski definition) is 0. The molecule has 3 rings (SSSR count). The molecule has 2 aromatic heterocycles. The van der Waals surface area contributed by atoms with Gasteiger partial charge in [0.05, 0.1) is 6.54 Å². The minimum absolute atomic E-state index is 0.249. The molecule has 3 heterocycles. The third-order valence-corrected chi connectivity index (χ3v) is 4.28. The van der Waals surface area contributed by atoms with E-state index >= 15 is 0 Å². The molecule has 1 fully saturated rings. The van der Waals surface area contributed by atoms with E-state index < -0.39 is 0 Å². The third kappa shape index (κ3) is 3.34. The van der Waals surface area contributed by atoms with Crippen LogP contribution >= 0.6 is 0 Å². The summed E-state index contributed by atoms with van der Waals surface area (Å²) in [4.78, 5) is 8.29. The first kappa shape index (κ1) is 15.9. The average molecular weight is 318 g/mol. The highest BCUT2D eigenvalue weighted by molar-refractivity contribution is 5.40. The molecule has 0 saturated carbocycles. The standard InChI is InChI=1S/C16H23FN6/c1-21(2)11-14-19-20-15(22(14)3)12-6-5-9-23(10-12)16-13(17)7-4-8-18-16/h4,7-8,12H,5-6,9-11H2,1-3H3/t12-/m0/s1. The molecule has 23 heavy (non-hydrogen) atoms. The lowest BCUT2D eigenvalue weighted by Gasteiger charge is -2.33. The Morgan fingerprint density at radius 2 is 2.17 bits per heavy atom. The zero-order chi connectivity index (χ0) is 16.4. The quantitative estimate of drug-likeness (QED) is 0.860. The molecule has 124 valence electrons. The summed E-state index contributed by atoms with van der Waals surface area (Å²) in [6.45, 7) is 2.31. The van der Waals surface area contributed by atoms with Crippen molar-refractivity contribution < 1.29 is 4.39 Å². The van der Waals surface area contributed by atoms with Gasteiger partial charge in [-0.25, -0.2) is 9.37 Å². The van der Waals surface area contributed by atoms with E-state index in [1.807, 2.05) is 26.0 Å². The average Bonchev–Trinajstić information content (AvgIpc) is 2.88. The van der Waals surface area contributed by atoms with E-state index in [0.717, 1.165) is 44.1 Å². The van der Waals surface area contributed by atoms with Crippen LogP contribution in [0.4, 0.5) is 10.2 Å². The minimum Gasteiger partial charge on any atom is -0.353 e. The summed E-state index contributed by atoms with van der Waals surface area (Å²) >= 11 is 0. The van der Waals surface area contributed by atoms with Crippen LogP contribution in [0.2, 0.25) is 0 Å². The Hall–Kier alpha value is -2.02. The number of piperidine rings is 1. The van der Waals surface area contributed by atoms with Gasteiger partial charge in [0.2, 0.25) is 0 Å².